The summed E-state index contributed by atoms with van der Waals surface area (Å²) in [6.45, 7) is 11.2. The van der Waals surface area contributed by atoms with Crippen LogP contribution >= 0.6 is 34.2 Å². The van der Waals surface area contributed by atoms with Gasteiger partial charge in [-0.25, -0.2) is 9.59 Å². The van der Waals surface area contributed by atoms with Crippen molar-refractivity contribution in [1.82, 2.24) is 10.6 Å². The molecule has 0 heterocycles. The van der Waals surface area contributed by atoms with Gasteiger partial charge in [0.2, 0.25) is 0 Å². The van der Waals surface area contributed by atoms with Crippen LogP contribution in [0.3, 0.4) is 0 Å². The highest BCUT2D eigenvalue weighted by Gasteiger charge is 2.24. The highest BCUT2D eigenvalue weighted by Crippen LogP contribution is 2.40. The average molecular weight is 1050 g/mol. The van der Waals surface area contributed by atoms with E-state index in [1.54, 1.807) is 24.3 Å². The highest BCUT2D eigenvalue weighted by atomic mass is 127. The highest BCUT2D eigenvalue weighted by molar-refractivity contribution is 14.1. The Morgan fingerprint density at radius 2 is 0.779 bits per heavy atom. The third-order valence-electron chi connectivity index (χ3n) is 11.4. The second-order valence-electron chi connectivity index (χ2n) is 17.0. The van der Waals surface area contributed by atoms with Crippen molar-refractivity contribution in [3.63, 3.8) is 0 Å². The molecule has 0 radical (unpaired) electrons. The van der Waals surface area contributed by atoms with Gasteiger partial charge in [-0.2, -0.15) is 0 Å². The summed E-state index contributed by atoms with van der Waals surface area (Å²) in [6, 6.07) is 35.5. The molecular formula is C56H62ClIN4O6. The first-order chi connectivity index (χ1) is 33.1. The largest absolute Gasteiger partial charge is 0.493 e. The molecule has 0 aliphatic heterocycles. The summed E-state index contributed by atoms with van der Waals surface area (Å²) < 4.78 is 28.1. The molecule has 0 spiro atoms. The van der Waals surface area contributed by atoms with Gasteiger partial charge in [-0.1, -0.05) is 75.7 Å². The fraction of sp³-hybridized carbons (Fsp3) is 0.321. The number of para-hydroxylation sites is 2. The third-order valence-corrected chi connectivity index (χ3v) is 12.4. The number of carbonyl (C=O) groups excluding carboxylic acids is 2. The van der Waals surface area contributed by atoms with Crippen molar-refractivity contribution < 1.29 is 28.5 Å². The standard InChI is InChI=1S/C56H62ClIN4O6/c1-5-23-65-51-39-11-9-13-41(51)33-45-29-38(36-60-56(64)62-50-21-17-48(58)18-22-50)30-46(54(45)68-26-8-4)34-42-14-10-12-40(52(42)66-24-6-2)32-44-28-37(27-43(31-39)53(44)67-25-7-3)35-59-55(63)61-49-19-15-47(57)16-20-49/h9-22,27-30H,5-8,23-26,31-36H2,1-4H3,(H2,59,61,63)(H2,60,62,64). The molecule has 68 heavy (non-hydrogen) atoms. The summed E-state index contributed by atoms with van der Waals surface area (Å²) in [5.74, 6) is 3.33. The van der Waals surface area contributed by atoms with Crippen LogP contribution in [0, 0.1) is 3.57 Å². The minimum atomic E-state index is -0.322. The third kappa shape index (κ3) is 13.6. The molecule has 1 aliphatic carbocycles. The summed E-state index contributed by atoms with van der Waals surface area (Å²) in [5.41, 5.74) is 11.4. The van der Waals surface area contributed by atoms with Gasteiger partial charge in [0, 0.05) is 58.7 Å². The maximum absolute atomic E-state index is 13.3. The fourth-order valence-corrected chi connectivity index (χ4v) is 8.86. The number of ether oxygens (including phenoxy) is 4. The van der Waals surface area contributed by atoms with Gasteiger partial charge in [-0.15, -0.1) is 0 Å². The first-order valence-corrected chi connectivity index (χ1v) is 25.2. The van der Waals surface area contributed by atoms with Gasteiger partial charge in [0.1, 0.15) is 23.0 Å². The minimum absolute atomic E-state index is 0.283. The van der Waals surface area contributed by atoms with Crippen molar-refractivity contribution in [3.8, 4) is 23.0 Å². The van der Waals surface area contributed by atoms with E-state index in [1.807, 2.05) is 24.3 Å². The normalized spacial score (nSPS) is 11.9. The fourth-order valence-electron chi connectivity index (χ4n) is 8.38. The van der Waals surface area contributed by atoms with E-state index in [4.69, 9.17) is 30.5 Å². The Kier molecular flexibility index (Phi) is 18.3. The van der Waals surface area contributed by atoms with Crippen LogP contribution in [0.5, 0.6) is 23.0 Å². The molecule has 7 rings (SSSR count). The lowest BCUT2D eigenvalue weighted by atomic mass is 9.89. The van der Waals surface area contributed by atoms with Gasteiger partial charge in [0.25, 0.3) is 0 Å². The van der Waals surface area contributed by atoms with Crippen LogP contribution in [0.2, 0.25) is 5.02 Å². The number of rotatable bonds is 18. The van der Waals surface area contributed by atoms with E-state index in [9.17, 15) is 9.59 Å². The van der Waals surface area contributed by atoms with Crippen molar-refractivity contribution in [2.75, 3.05) is 37.1 Å². The zero-order chi connectivity index (χ0) is 47.8. The first-order valence-electron chi connectivity index (χ1n) is 23.8. The predicted molar refractivity (Wildman–Crippen MR) is 282 cm³/mol. The molecule has 4 amide bonds. The number of benzene rings is 6. The summed E-state index contributed by atoms with van der Waals surface area (Å²) in [5, 5.41) is 12.7. The molecule has 4 N–H and O–H groups in total. The molecule has 8 bridgehead atoms. The molecule has 356 valence electrons. The van der Waals surface area contributed by atoms with E-state index >= 15 is 0 Å². The second kappa shape index (κ2) is 24.9. The molecule has 0 saturated carbocycles. The van der Waals surface area contributed by atoms with Gasteiger partial charge >= 0.3 is 12.1 Å². The Labute approximate surface area is 420 Å². The summed E-state index contributed by atoms with van der Waals surface area (Å²) >= 11 is 8.36. The molecule has 0 saturated heterocycles. The monoisotopic (exact) mass is 1050 g/mol. The smallest absolute Gasteiger partial charge is 0.319 e. The topological polar surface area (TPSA) is 119 Å². The van der Waals surface area contributed by atoms with Gasteiger partial charge in [-0.3, -0.25) is 0 Å². The van der Waals surface area contributed by atoms with E-state index in [1.165, 1.54) is 0 Å². The molecule has 0 aromatic heterocycles. The number of amides is 4. The second-order valence-corrected chi connectivity index (χ2v) is 18.7. The van der Waals surface area contributed by atoms with Crippen LogP contribution in [-0.4, -0.2) is 38.5 Å². The Morgan fingerprint density at radius 3 is 1.10 bits per heavy atom. The molecule has 1 aliphatic rings. The lowest BCUT2D eigenvalue weighted by Gasteiger charge is -2.24. The van der Waals surface area contributed by atoms with E-state index < -0.39 is 0 Å². The van der Waals surface area contributed by atoms with Crippen LogP contribution in [0.1, 0.15) is 109 Å². The molecule has 0 fully saturated rings. The van der Waals surface area contributed by atoms with Crippen LogP contribution < -0.4 is 40.2 Å². The van der Waals surface area contributed by atoms with Gasteiger partial charge in [0.05, 0.1) is 26.4 Å². The summed E-state index contributed by atoms with van der Waals surface area (Å²) in [7, 11) is 0. The van der Waals surface area contributed by atoms with Crippen LogP contribution in [-0.2, 0) is 38.8 Å². The van der Waals surface area contributed by atoms with Gasteiger partial charge < -0.3 is 40.2 Å². The van der Waals surface area contributed by atoms with E-state index in [0.717, 1.165) is 114 Å². The first kappa shape index (κ1) is 50.0. The number of hydrogen-bond acceptors (Lipinski definition) is 6. The van der Waals surface area contributed by atoms with Crippen LogP contribution in [0.15, 0.2) is 109 Å². The number of halogens is 2. The Hall–Kier alpha value is -5.92. The van der Waals surface area contributed by atoms with E-state index in [2.05, 4.69) is 132 Å². The number of carbonyl (C=O) groups is 2. The average Bonchev–Trinajstić information content (AvgIpc) is 3.33. The minimum Gasteiger partial charge on any atom is -0.493 e. The van der Waals surface area contributed by atoms with Crippen molar-refractivity contribution in [1.29, 1.82) is 0 Å². The number of urea groups is 2. The lowest BCUT2D eigenvalue weighted by Crippen LogP contribution is -2.28. The summed E-state index contributed by atoms with van der Waals surface area (Å²) in [6.07, 6.45) is 5.44. The molecule has 12 heteroatoms. The SMILES string of the molecule is CCCOc1c2cccc1Cc1cc(CNC(=O)Nc3ccc(I)cc3)cc(c1OCCC)Cc1cccc(c1OCCC)Cc1cc(CNC(=O)Nc3ccc(Cl)cc3)cc(c1OCCC)C2. The summed E-state index contributed by atoms with van der Waals surface area (Å²) in [4.78, 5) is 26.6. The molecule has 6 aromatic rings. The molecular weight excluding hydrogens is 987 g/mol. The van der Waals surface area contributed by atoms with Crippen LogP contribution in [0.4, 0.5) is 21.0 Å². The quantitative estimate of drug-likeness (QED) is 0.0636. The zero-order valence-electron chi connectivity index (χ0n) is 39.5. The van der Waals surface area contributed by atoms with Gasteiger partial charge in [0.15, 0.2) is 0 Å². The zero-order valence-corrected chi connectivity index (χ0v) is 42.4. The van der Waals surface area contributed by atoms with Crippen molar-refractivity contribution >= 4 is 57.6 Å². The Balaban J connectivity index is 1.36. The van der Waals surface area contributed by atoms with Crippen molar-refractivity contribution in [2.24, 2.45) is 0 Å². The Bertz CT molecular complexity index is 2380. The Morgan fingerprint density at radius 1 is 0.471 bits per heavy atom. The predicted octanol–water partition coefficient (Wildman–Crippen LogP) is 13.4. The van der Waals surface area contributed by atoms with Crippen LogP contribution in [0.25, 0.3) is 0 Å². The number of hydrogen-bond donors (Lipinski definition) is 4. The number of anilines is 2. The molecule has 10 nitrogen and oxygen atoms in total. The number of fused-ring (bicyclic) bond motifs is 8. The van der Waals surface area contributed by atoms with E-state index in [0.29, 0.717) is 69.4 Å². The maximum Gasteiger partial charge on any atom is 0.319 e. The van der Waals surface area contributed by atoms with Crippen molar-refractivity contribution in [2.45, 2.75) is 92.2 Å². The number of nitrogens with one attached hydrogen (secondary N) is 4. The van der Waals surface area contributed by atoms with Gasteiger partial charge in [-0.05, 0) is 177 Å². The van der Waals surface area contributed by atoms with Crippen molar-refractivity contribution in [3.05, 3.63) is 173 Å². The lowest BCUT2D eigenvalue weighted by molar-refractivity contribution is 0.251. The molecule has 0 atom stereocenters. The molecule has 6 aromatic carbocycles. The maximum atomic E-state index is 13.3. The van der Waals surface area contributed by atoms with E-state index in [-0.39, 0.29) is 18.6 Å². The molecule has 0 unspecified atom stereocenters.